The van der Waals surface area contributed by atoms with Gasteiger partial charge in [-0.05, 0) is 30.7 Å². The SMILES string of the molecule is CCOc1ccc(C=C(C#N)c2[nH]nc(N)c2C#N)cc1OC. The molecule has 0 aliphatic rings. The quantitative estimate of drug-likeness (QED) is 0.818. The molecule has 1 heterocycles. The van der Waals surface area contributed by atoms with Crippen molar-refractivity contribution in [3.05, 3.63) is 35.0 Å². The van der Waals surface area contributed by atoms with E-state index in [2.05, 4.69) is 10.2 Å². The Labute approximate surface area is 133 Å². The summed E-state index contributed by atoms with van der Waals surface area (Å²) in [4.78, 5) is 0. The predicted octanol–water partition coefficient (Wildman–Crippen LogP) is 2.34. The van der Waals surface area contributed by atoms with E-state index in [1.54, 1.807) is 31.4 Å². The first kappa shape index (κ1) is 15.9. The van der Waals surface area contributed by atoms with Crippen molar-refractivity contribution in [1.82, 2.24) is 10.2 Å². The molecule has 0 saturated heterocycles. The van der Waals surface area contributed by atoms with Crippen LogP contribution >= 0.6 is 0 Å². The molecule has 1 aromatic heterocycles. The number of nitrogens with zero attached hydrogens (tertiary/aromatic N) is 3. The number of nitrogens with two attached hydrogens (primary N) is 1. The number of aromatic nitrogens is 2. The summed E-state index contributed by atoms with van der Waals surface area (Å²) in [6.45, 7) is 2.40. The number of ether oxygens (including phenoxy) is 2. The monoisotopic (exact) mass is 309 g/mol. The van der Waals surface area contributed by atoms with Crippen molar-refractivity contribution in [3.8, 4) is 23.6 Å². The minimum Gasteiger partial charge on any atom is -0.493 e. The summed E-state index contributed by atoms with van der Waals surface area (Å²) >= 11 is 0. The zero-order chi connectivity index (χ0) is 16.8. The van der Waals surface area contributed by atoms with Crippen LogP contribution in [0.25, 0.3) is 11.6 Å². The Hall–Kier alpha value is -3.45. The molecule has 0 unspecified atom stereocenters. The highest BCUT2D eigenvalue weighted by Crippen LogP contribution is 2.30. The molecule has 2 aromatic rings. The van der Waals surface area contributed by atoms with E-state index in [1.807, 2.05) is 19.1 Å². The molecule has 0 amide bonds. The summed E-state index contributed by atoms with van der Waals surface area (Å²) < 4.78 is 10.7. The largest absolute Gasteiger partial charge is 0.493 e. The lowest BCUT2D eigenvalue weighted by atomic mass is 10.1. The number of nitrogen functional groups attached to an aromatic ring is 1. The molecule has 0 bridgehead atoms. The maximum absolute atomic E-state index is 9.36. The van der Waals surface area contributed by atoms with Gasteiger partial charge in [-0.25, -0.2) is 0 Å². The summed E-state index contributed by atoms with van der Waals surface area (Å²) in [6.07, 6.45) is 1.62. The number of H-pyrrole nitrogens is 1. The van der Waals surface area contributed by atoms with Gasteiger partial charge in [0, 0.05) is 0 Å². The number of anilines is 1. The second-order valence-electron chi connectivity index (χ2n) is 4.48. The van der Waals surface area contributed by atoms with Crippen LogP contribution in [0.15, 0.2) is 18.2 Å². The van der Waals surface area contributed by atoms with Gasteiger partial charge < -0.3 is 15.2 Å². The van der Waals surface area contributed by atoms with E-state index in [-0.39, 0.29) is 17.0 Å². The van der Waals surface area contributed by atoms with E-state index >= 15 is 0 Å². The third-order valence-electron chi connectivity index (χ3n) is 3.09. The first-order chi connectivity index (χ1) is 11.1. The number of methoxy groups -OCH3 is 1. The zero-order valence-corrected chi connectivity index (χ0v) is 12.8. The number of rotatable bonds is 5. The van der Waals surface area contributed by atoms with Crippen molar-refractivity contribution in [2.75, 3.05) is 19.5 Å². The van der Waals surface area contributed by atoms with E-state index < -0.39 is 0 Å². The minimum atomic E-state index is 0.0629. The Bertz CT molecular complexity index is 824. The standard InChI is InChI=1S/C16H15N5O2/c1-3-23-13-5-4-10(7-14(13)22-2)6-11(8-17)15-12(9-18)16(19)21-20-15/h4-7H,3H2,1-2H3,(H3,19,20,21). The van der Waals surface area contributed by atoms with Crippen LogP contribution in [-0.2, 0) is 0 Å². The molecule has 0 fully saturated rings. The second kappa shape index (κ2) is 7.01. The van der Waals surface area contributed by atoms with Crippen molar-refractivity contribution >= 4 is 17.5 Å². The van der Waals surface area contributed by atoms with Crippen LogP contribution in [0.2, 0.25) is 0 Å². The molecule has 2 rings (SSSR count). The number of benzene rings is 1. The summed E-state index contributed by atoms with van der Waals surface area (Å²) in [5.41, 5.74) is 7.01. The van der Waals surface area contributed by atoms with Crippen LogP contribution in [-0.4, -0.2) is 23.9 Å². The molecule has 0 radical (unpaired) electrons. The van der Waals surface area contributed by atoms with E-state index in [0.29, 0.717) is 23.8 Å². The summed E-state index contributed by atoms with van der Waals surface area (Å²) in [5.74, 6) is 1.24. The van der Waals surface area contributed by atoms with Gasteiger partial charge in [-0.15, -0.1) is 0 Å². The van der Waals surface area contributed by atoms with E-state index in [1.165, 1.54) is 0 Å². The number of nitrogens with one attached hydrogen (secondary N) is 1. The van der Waals surface area contributed by atoms with Crippen LogP contribution in [0.4, 0.5) is 5.82 Å². The Kier molecular flexibility index (Phi) is 4.85. The smallest absolute Gasteiger partial charge is 0.163 e. The molecule has 7 heteroatoms. The fourth-order valence-corrected chi connectivity index (χ4v) is 2.04. The molecule has 0 aliphatic heterocycles. The van der Waals surface area contributed by atoms with Crippen LogP contribution in [0, 0.1) is 22.7 Å². The molecular formula is C16H15N5O2. The zero-order valence-electron chi connectivity index (χ0n) is 12.8. The number of nitriles is 2. The fraction of sp³-hybridized carbons (Fsp3) is 0.188. The van der Waals surface area contributed by atoms with Gasteiger partial charge in [0.25, 0.3) is 0 Å². The number of hydrogen-bond donors (Lipinski definition) is 2. The molecule has 0 aliphatic carbocycles. The van der Waals surface area contributed by atoms with E-state index in [0.717, 1.165) is 5.56 Å². The fourth-order valence-electron chi connectivity index (χ4n) is 2.04. The lowest BCUT2D eigenvalue weighted by molar-refractivity contribution is 0.311. The van der Waals surface area contributed by atoms with Crippen molar-refractivity contribution in [2.45, 2.75) is 6.92 Å². The third-order valence-corrected chi connectivity index (χ3v) is 3.09. The number of allylic oxidation sites excluding steroid dienone is 1. The lowest BCUT2D eigenvalue weighted by Crippen LogP contribution is -1.95. The Morgan fingerprint density at radius 2 is 2.17 bits per heavy atom. The maximum atomic E-state index is 9.36. The average Bonchev–Trinajstić information content (AvgIpc) is 2.94. The van der Waals surface area contributed by atoms with Crippen LogP contribution in [0.1, 0.15) is 23.7 Å². The van der Waals surface area contributed by atoms with Crippen molar-refractivity contribution in [2.24, 2.45) is 0 Å². The van der Waals surface area contributed by atoms with Gasteiger partial charge >= 0.3 is 0 Å². The Morgan fingerprint density at radius 3 is 2.78 bits per heavy atom. The summed E-state index contributed by atoms with van der Waals surface area (Å²) in [6, 6.07) is 9.27. The van der Waals surface area contributed by atoms with Gasteiger partial charge in [-0.1, -0.05) is 6.07 Å². The number of hydrogen-bond acceptors (Lipinski definition) is 6. The van der Waals surface area contributed by atoms with E-state index in [9.17, 15) is 5.26 Å². The summed E-state index contributed by atoms with van der Waals surface area (Å²) in [7, 11) is 1.54. The van der Waals surface area contributed by atoms with Gasteiger partial charge in [0.1, 0.15) is 17.7 Å². The minimum absolute atomic E-state index is 0.0629. The highest BCUT2D eigenvalue weighted by Gasteiger charge is 2.14. The molecule has 116 valence electrons. The normalized spacial score (nSPS) is 10.7. The van der Waals surface area contributed by atoms with Gasteiger partial charge in [-0.3, -0.25) is 5.10 Å². The van der Waals surface area contributed by atoms with E-state index in [4.69, 9.17) is 20.5 Å². The van der Waals surface area contributed by atoms with Crippen LogP contribution < -0.4 is 15.2 Å². The Morgan fingerprint density at radius 1 is 1.39 bits per heavy atom. The Balaban J connectivity index is 2.47. The van der Waals surface area contributed by atoms with Crippen LogP contribution in [0.5, 0.6) is 11.5 Å². The molecule has 0 atom stereocenters. The second-order valence-corrected chi connectivity index (χ2v) is 4.48. The van der Waals surface area contributed by atoms with Gasteiger partial charge in [0.15, 0.2) is 17.3 Å². The predicted molar refractivity (Wildman–Crippen MR) is 85.4 cm³/mol. The molecule has 1 aromatic carbocycles. The van der Waals surface area contributed by atoms with Crippen molar-refractivity contribution < 1.29 is 9.47 Å². The average molecular weight is 309 g/mol. The molecule has 3 N–H and O–H groups in total. The molecule has 0 saturated carbocycles. The molecule has 23 heavy (non-hydrogen) atoms. The van der Waals surface area contributed by atoms with Crippen molar-refractivity contribution in [3.63, 3.8) is 0 Å². The first-order valence-electron chi connectivity index (χ1n) is 6.81. The maximum Gasteiger partial charge on any atom is 0.163 e. The topological polar surface area (TPSA) is 121 Å². The van der Waals surface area contributed by atoms with Crippen molar-refractivity contribution in [1.29, 1.82) is 10.5 Å². The van der Waals surface area contributed by atoms with Crippen LogP contribution in [0.3, 0.4) is 0 Å². The van der Waals surface area contributed by atoms with Gasteiger partial charge in [0.2, 0.25) is 0 Å². The molecule has 0 spiro atoms. The lowest BCUT2D eigenvalue weighted by Gasteiger charge is -2.09. The number of aromatic amines is 1. The molecule has 7 nitrogen and oxygen atoms in total. The first-order valence-corrected chi connectivity index (χ1v) is 6.81. The van der Waals surface area contributed by atoms with Gasteiger partial charge in [0.05, 0.1) is 25.0 Å². The third kappa shape index (κ3) is 3.25. The highest BCUT2D eigenvalue weighted by atomic mass is 16.5. The molecular weight excluding hydrogens is 294 g/mol. The van der Waals surface area contributed by atoms with Gasteiger partial charge in [-0.2, -0.15) is 15.6 Å². The summed E-state index contributed by atoms with van der Waals surface area (Å²) in [5, 5.41) is 24.9. The highest BCUT2D eigenvalue weighted by molar-refractivity contribution is 5.91.